The van der Waals surface area contributed by atoms with E-state index in [1.165, 1.54) is 0 Å². The van der Waals surface area contributed by atoms with Crippen LogP contribution in [0.1, 0.15) is 31.1 Å². The molecule has 2 N–H and O–H groups in total. The molecule has 0 bridgehead atoms. The Hall–Kier alpha value is -3.20. The number of nitrogens with zero attached hydrogens (tertiary/aromatic N) is 4. The summed E-state index contributed by atoms with van der Waals surface area (Å²) in [6.07, 6.45) is 2.98. The van der Waals surface area contributed by atoms with Crippen molar-refractivity contribution in [1.29, 1.82) is 0 Å². The summed E-state index contributed by atoms with van der Waals surface area (Å²) in [5.41, 5.74) is 0.554. The van der Waals surface area contributed by atoms with Crippen molar-refractivity contribution in [3.8, 4) is 0 Å². The molecule has 166 valence electrons. The molecule has 9 heteroatoms. The standard InChI is InChI=1S/C22H30N6O3/c1-22(2,3)31-21(30)26-18-7-5-17(6-8-18)19(29)23-11-12-27-13-15-28(16-14-27)20-24-9-4-10-25-20/h4-10H,11-16H2,1-3H3,(H,23,29)(H,26,30). The first-order valence-corrected chi connectivity index (χ1v) is 10.4. The van der Waals surface area contributed by atoms with E-state index in [4.69, 9.17) is 4.74 Å². The minimum atomic E-state index is -0.564. The first-order valence-electron chi connectivity index (χ1n) is 10.4. The molecule has 1 aromatic carbocycles. The number of amides is 2. The fraction of sp³-hybridized carbons (Fsp3) is 0.455. The van der Waals surface area contributed by atoms with Gasteiger partial charge in [0.05, 0.1) is 0 Å². The van der Waals surface area contributed by atoms with Gasteiger partial charge in [-0.1, -0.05) is 0 Å². The quantitative estimate of drug-likeness (QED) is 0.731. The van der Waals surface area contributed by atoms with E-state index >= 15 is 0 Å². The number of hydrogen-bond acceptors (Lipinski definition) is 7. The van der Waals surface area contributed by atoms with Crippen molar-refractivity contribution in [3.63, 3.8) is 0 Å². The SMILES string of the molecule is CC(C)(C)OC(=O)Nc1ccc(C(=O)NCCN2CCN(c3ncccn3)CC2)cc1. The second kappa shape index (κ2) is 10.2. The lowest BCUT2D eigenvalue weighted by Crippen LogP contribution is -2.49. The summed E-state index contributed by atoms with van der Waals surface area (Å²) < 4.78 is 5.22. The maximum atomic E-state index is 12.4. The van der Waals surface area contributed by atoms with Gasteiger partial charge >= 0.3 is 6.09 Å². The zero-order valence-electron chi connectivity index (χ0n) is 18.3. The highest BCUT2D eigenvalue weighted by atomic mass is 16.6. The van der Waals surface area contributed by atoms with Crippen molar-refractivity contribution in [2.75, 3.05) is 49.5 Å². The number of hydrogen-bond donors (Lipinski definition) is 2. The summed E-state index contributed by atoms with van der Waals surface area (Å²) in [5, 5.41) is 5.60. The van der Waals surface area contributed by atoms with Gasteiger partial charge < -0.3 is 15.0 Å². The highest BCUT2D eigenvalue weighted by Gasteiger charge is 2.19. The molecule has 1 aromatic heterocycles. The van der Waals surface area contributed by atoms with E-state index in [-0.39, 0.29) is 5.91 Å². The molecule has 1 fully saturated rings. The van der Waals surface area contributed by atoms with Crippen LogP contribution in [0.3, 0.4) is 0 Å². The van der Waals surface area contributed by atoms with Crippen LogP contribution in [0.4, 0.5) is 16.4 Å². The lowest BCUT2D eigenvalue weighted by atomic mass is 10.2. The van der Waals surface area contributed by atoms with Gasteiger partial charge in [-0.15, -0.1) is 0 Å². The summed E-state index contributed by atoms with van der Waals surface area (Å²) in [5.74, 6) is 0.625. The van der Waals surface area contributed by atoms with Crippen LogP contribution in [0.2, 0.25) is 0 Å². The third-order valence-corrected chi connectivity index (χ3v) is 4.71. The first kappa shape index (κ1) is 22.5. The number of carbonyl (C=O) groups is 2. The molecule has 2 heterocycles. The van der Waals surface area contributed by atoms with Crippen molar-refractivity contribution in [2.45, 2.75) is 26.4 Å². The Morgan fingerprint density at radius 3 is 2.29 bits per heavy atom. The van der Waals surface area contributed by atoms with Gasteiger partial charge in [0.15, 0.2) is 0 Å². The van der Waals surface area contributed by atoms with E-state index in [9.17, 15) is 9.59 Å². The van der Waals surface area contributed by atoms with Crippen molar-refractivity contribution >= 4 is 23.6 Å². The number of rotatable bonds is 6. The smallest absolute Gasteiger partial charge is 0.412 e. The molecule has 0 atom stereocenters. The molecule has 1 saturated heterocycles. The van der Waals surface area contributed by atoms with E-state index in [1.807, 2.05) is 6.07 Å². The average molecular weight is 427 g/mol. The number of aromatic nitrogens is 2. The monoisotopic (exact) mass is 426 g/mol. The van der Waals surface area contributed by atoms with Gasteiger partial charge in [0.2, 0.25) is 5.95 Å². The molecule has 2 amide bonds. The van der Waals surface area contributed by atoms with Gasteiger partial charge in [0, 0.05) is 62.9 Å². The summed E-state index contributed by atoms with van der Waals surface area (Å²) >= 11 is 0. The predicted molar refractivity (Wildman–Crippen MR) is 119 cm³/mol. The molecule has 0 unspecified atom stereocenters. The van der Waals surface area contributed by atoms with E-state index < -0.39 is 11.7 Å². The number of benzene rings is 1. The number of piperazine rings is 1. The lowest BCUT2D eigenvalue weighted by Gasteiger charge is -2.34. The molecule has 0 saturated carbocycles. The zero-order chi connectivity index (χ0) is 22.3. The fourth-order valence-corrected chi connectivity index (χ4v) is 3.18. The Morgan fingerprint density at radius 1 is 1.03 bits per heavy atom. The number of ether oxygens (including phenoxy) is 1. The molecule has 0 aliphatic carbocycles. The highest BCUT2D eigenvalue weighted by Crippen LogP contribution is 2.13. The van der Waals surface area contributed by atoms with Crippen molar-refractivity contribution in [3.05, 3.63) is 48.3 Å². The van der Waals surface area contributed by atoms with Crippen LogP contribution in [0.25, 0.3) is 0 Å². The van der Waals surface area contributed by atoms with Crippen molar-refractivity contribution < 1.29 is 14.3 Å². The molecule has 3 rings (SSSR count). The summed E-state index contributed by atoms with van der Waals surface area (Å²) in [6, 6.07) is 8.54. The van der Waals surface area contributed by atoms with E-state index in [2.05, 4.69) is 30.4 Å². The van der Waals surface area contributed by atoms with E-state index in [0.717, 1.165) is 38.7 Å². The molecule has 0 spiro atoms. The molecule has 1 aliphatic heterocycles. The van der Waals surface area contributed by atoms with Gasteiger partial charge in [0.25, 0.3) is 5.91 Å². The maximum absolute atomic E-state index is 12.4. The second-order valence-corrected chi connectivity index (χ2v) is 8.34. The van der Waals surface area contributed by atoms with Gasteiger partial charge in [0.1, 0.15) is 5.60 Å². The van der Waals surface area contributed by atoms with E-state index in [1.54, 1.807) is 57.4 Å². The van der Waals surface area contributed by atoms with Crippen LogP contribution in [-0.2, 0) is 4.74 Å². The van der Waals surface area contributed by atoms with Gasteiger partial charge in [-0.2, -0.15) is 0 Å². The molecule has 2 aromatic rings. The maximum Gasteiger partial charge on any atom is 0.412 e. The van der Waals surface area contributed by atoms with Gasteiger partial charge in [-0.05, 0) is 51.1 Å². The molecule has 1 aliphatic rings. The second-order valence-electron chi connectivity index (χ2n) is 8.34. The fourth-order valence-electron chi connectivity index (χ4n) is 3.18. The Kier molecular flexibility index (Phi) is 7.41. The lowest BCUT2D eigenvalue weighted by molar-refractivity contribution is 0.0635. The predicted octanol–water partition coefficient (Wildman–Crippen LogP) is 2.38. The molecule has 0 radical (unpaired) electrons. The third-order valence-electron chi connectivity index (χ3n) is 4.71. The van der Waals surface area contributed by atoms with Crippen molar-refractivity contribution in [1.82, 2.24) is 20.2 Å². The largest absolute Gasteiger partial charge is 0.444 e. The summed E-state index contributed by atoms with van der Waals surface area (Å²) in [7, 11) is 0. The molecular formula is C22H30N6O3. The molecular weight excluding hydrogens is 396 g/mol. The van der Waals surface area contributed by atoms with Gasteiger partial charge in [-0.25, -0.2) is 14.8 Å². The summed E-state index contributed by atoms with van der Waals surface area (Å²) in [6.45, 7) is 10.3. The van der Waals surface area contributed by atoms with E-state index in [0.29, 0.717) is 17.8 Å². The topological polar surface area (TPSA) is 99.7 Å². The first-order chi connectivity index (χ1) is 14.8. The van der Waals surface area contributed by atoms with Crippen LogP contribution in [-0.4, -0.2) is 71.7 Å². The minimum absolute atomic E-state index is 0.139. The Balaban J connectivity index is 1.38. The van der Waals surface area contributed by atoms with Crippen LogP contribution in [0, 0.1) is 0 Å². The molecule has 31 heavy (non-hydrogen) atoms. The number of anilines is 2. The Morgan fingerprint density at radius 2 is 1.68 bits per heavy atom. The number of carbonyl (C=O) groups excluding carboxylic acids is 2. The highest BCUT2D eigenvalue weighted by molar-refractivity contribution is 5.95. The zero-order valence-corrected chi connectivity index (χ0v) is 18.3. The van der Waals surface area contributed by atoms with Crippen LogP contribution in [0.15, 0.2) is 42.7 Å². The van der Waals surface area contributed by atoms with Gasteiger partial charge in [-0.3, -0.25) is 15.0 Å². The normalized spacial score (nSPS) is 14.7. The Labute approximate surface area is 182 Å². The van der Waals surface area contributed by atoms with Crippen LogP contribution < -0.4 is 15.5 Å². The third kappa shape index (κ3) is 7.21. The number of nitrogens with one attached hydrogen (secondary N) is 2. The van der Waals surface area contributed by atoms with Crippen LogP contribution >= 0.6 is 0 Å². The average Bonchev–Trinajstić information content (AvgIpc) is 2.74. The molecule has 9 nitrogen and oxygen atoms in total. The summed E-state index contributed by atoms with van der Waals surface area (Å²) in [4.78, 5) is 37.3. The van der Waals surface area contributed by atoms with Crippen LogP contribution in [0.5, 0.6) is 0 Å². The minimum Gasteiger partial charge on any atom is -0.444 e. The Bertz CT molecular complexity index is 859. The van der Waals surface area contributed by atoms with Crippen molar-refractivity contribution in [2.24, 2.45) is 0 Å².